The van der Waals surface area contributed by atoms with Gasteiger partial charge in [-0.2, -0.15) is 4.98 Å². The number of pyridine rings is 1. The number of aromatic nitrogens is 3. The summed E-state index contributed by atoms with van der Waals surface area (Å²) in [6.07, 6.45) is 1.17. The van der Waals surface area contributed by atoms with Crippen molar-refractivity contribution in [1.82, 2.24) is 29.7 Å². The lowest BCUT2D eigenvalue weighted by molar-refractivity contribution is -0.0592. The third-order valence-electron chi connectivity index (χ3n) is 7.63. The van der Waals surface area contributed by atoms with Crippen molar-refractivity contribution in [3.05, 3.63) is 47.8 Å². The zero-order valence-corrected chi connectivity index (χ0v) is 21.6. The van der Waals surface area contributed by atoms with E-state index in [9.17, 15) is 9.90 Å². The number of aromatic carboxylic acids is 1. The summed E-state index contributed by atoms with van der Waals surface area (Å²) in [5.74, 6) is 1.63. The lowest BCUT2D eigenvalue weighted by atomic mass is 10.1. The highest BCUT2D eigenvalue weighted by Gasteiger charge is 2.25. The number of hydrogen-bond donors (Lipinski definition) is 2. The van der Waals surface area contributed by atoms with Gasteiger partial charge in [-0.05, 0) is 30.7 Å². The number of nitrogens with one attached hydrogen (secondary N) is 1. The summed E-state index contributed by atoms with van der Waals surface area (Å²) in [6, 6.07) is 11.1. The molecule has 0 saturated carbocycles. The number of benzene rings is 1. The van der Waals surface area contributed by atoms with Gasteiger partial charge < -0.3 is 29.4 Å². The van der Waals surface area contributed by atoms with Gasteiger partial charge in [-0.3, -0.25) is 9.80 Å². The lowest BCUT2D eigenvalue weighted by Gasteiger charge is -2.35. The van der Waals surface area contributed by atoms with Gasteiger partial charge in [0, 0.05) is 65.0 Å². The number of fused-ring (bicyclic) bond motifs is 1. The van der Waals surface area contributed by atoms with E-state index in [-0.39, 0.29) is 11.7 Å². The SMILES string of the molecule is O=C(O)c1ccc2nc(CN3CCN(c4cccc(OCN5CCNCC5)n4)CC3)n(C[C@@H]3CCO3)c2c1. The van der Waals surface area contributed by atoms with Crippen LogP contribution in [0.3, 0.4) is 0 Å². The zero-order chi connectivity index (χ0) is 25.9. The molecule has 0 spiro atoms. The minimum Gasteiger partial charge on any atom is -0.478 e. The molecule has 202 valence electrons. The summed E-state index contributed by atoms with van der Waals surface area (Å²) in [7, 11) is 0. The van der Waals surface area contributed by atoms with Crippen molar-refractivity contribution in [2.45, 2.75) is 25.6 Å². The van der Waals surface area contributed by atoms with Crippen LogP contribution in [0.15, 0.2) is 36.4 Å². The van der Waals surface area contributed by atoms with E-state index in [2.05, 4.69) is 24.6 Å². The van der Waals surface area contributed by atoms with Crippen molar-refractivity contribution in [3.63, 3.8) is 0 Å². The van der Waals surface area contributed by atoms with Crippen molar-refractivity contribution in [2.75, 3.05) is 70.6 Å². The minimum absolute atomic E-state index is 0.156. The second-order valence-corrected chi connectivity index (χ2v) is 10.2. The maximum absolute atomic E-state index is 11.6. The quantitative estimate of drug-likeness (QED) is 0.430. The molecule has 6 rings (SSSR count). The van der Waals surface area contributed by atoms with Gasteiger partial charge in [0.1, 0.15) is 18.4 Å². The summed E-state index contributed by atoms with van der Waals surface area (Å²) < 4.78 is 13.8. The molecule has 3 aromatic rings. The van der Waals surface area contributed by atoms with Crippen LogP contribution in [0, 0.1) is 0 Å². The van der Waals surface area contributed by atoms with Gasteiger partial charge in [-0.15, -0.1) is 0 Å². The van der Waals surface area contributed by atoms with E-state index < -0.39 is 5.97 Å². The Kier molecular flexibility index (Phi) is 7.41. The number of anilines is 1. The van der Waals surface area contributed by atoms with Crippen LogP contribution in [0.5, 0.6) is 5.88 Å². The number of piperazine rings is 2. The van der Waals surface area contributed by atoms with Crippen LogP contribution in [-0.2, 0) is 17.8 Å². The Balaban J connectivity index is 1.10. The maximum atomic E-state index is 11.6. The summed E-state index contributed by atoms with van der Waals surface area (Å²) in [4.78, 5) is 28.2. The molecule has 11 nitrogen and oxygen atoms in total. The minimum atomic E-state index is -0.927. The standard InChI is InChI=1S/C27H35N7O4/c35-27(36)20-4-5-22-23(16-20)34(17-21-6-15-37-21)25(29-22)18-31-11-13-33(14-12-31)24-2-1-3-26(30-24)38-19-32-9-7-28-8-10-32/h1-5,16,21,28H,6-15,17-19H2,(H,35,36)/t21-/m0/s1. The van der Waals surface area contributed by atoms with E-state index in [1.807, 2.05) is 18.2 Å². The molecule has 1 aromatic carbocycles. The average molecular weight is 522 g/mol. The van der Waals surface area contributed by atoms with Gasteiger partial charge in [-0.25, -0.2) is 9.78 Å². The number of carboxylic acid groups (broad SMARTS) is 1. The van der Waals surface area contributed by atoms with Crippen molar-refractivity contribution >= 4 is 22.8 Å². The number of carboxylic acids is 1. The van der Waals surface area contributed by atoms with Crippen molar-refractivity contribution in [2.24, 2.45) is 0 Å². The first-order valence-electron chi connectivity index (χ1n) is 13.5. The van der Waals surface area contributed by atoms with Crippen LogP contribution in [-0.4, -0.2) is 107 Å². The summed E-state index contributed by atoms with van der Waals surface area (Å²) in [5, 5.41) is 12.8. The predicted octanol–water partition coefficient (Wildman–Crippen LogP) is 1.48. The van der Waals surface area contributed by atoms with Crippen molar-refractivity contribution in [3.8, 4) is 5.88 Å². The Bertz CT molecular complexity index is 1260. The normalized spacial score (nSPS) is 20.9. The molecule has 3 fully saturated rings. The summed E-state index contributed by atoms with van der Waals surface area (Å²) in [5.41, 5.74) is 1.96. The molecule has 2 N–H and O–H groups in total. The van der Waals surface area contributed by atoms with Gasteiger partial charge in [0.15, 0.2) is 0 Å². The highest BCUT2D eigenvalue weighted by Crippen LogP contribution is 2.24. The van der Waals surface area contributed by atoms with Gasteiger partial charge in [0.05, 0.1) is 35.8 Å². The predicted molar refractivity (Wildman–Crippen MR) is 143 cm³/mol. The molecule has 0 unspecified atom stereocenters. The zero-order valence-electron chi connectivity index (χ0n) is 21.6. The van der Waals surface area contributed by atoms with Gasteiger partial charge >= 0.3 is 5.97 Å². The number of carbonyl (C=O) groups is 1. The highest BCUT2D eigenvalue weighted by molar-refractivity contribution is 5.92. The van der Waals surface area contributed by atoms with Gasteiger partial charge in [0.2, 0.25) is 5.88 Å². The first-order valence-corrected chi connectivity index (χ1v) is 13.5. The first-order chi connectivity index (χ1) is 18.6. The van der Waals surface area contributed by atoms with Gasteiger partial charge in [-0.1, -0.05) is 6.07 Å². The van der Waals surface area contributed by atoms with Crippen LogP contribution >= 0.6 is 0 Å². The molecule has 3 aliphatic rings. The van der Waals surface area contributed by atoms with Crippen LogP contribution in [0.25, 0.3) is 11.0 Å². The molecule has 5 heterocycles. The van der Waals surface area contributed by atoms with E-state index in [4.69, 9.17) is 19.4 Å². The van der Waals surface area contributed by atoms with E-state index in [0.29, 0.717) is 25.7 Å². The van der Waals surface area contributed by atoms with E-state index in [0.717, 1.165) is 88.1 Å². The lowest BCUT2D eigenvalue weighted by Crippen LogP contribution is -2.46. The first kappa shape index (κ1) is 25.1. The second-order valence-electron chi connectivity index (χ2n) is 10.2. The fourth-order valence-corrected chi connectivity index (χ4v) is 5.26. The molecule has 0 amide bonds. The third-order valence-corrected chi connectivity index (χ3v) is 7.63. The fourth-order valence-electron chi connectivity index (χ4n) is 5.26. The van der Waals surface area contributed by atoms with Crippen LogP contribution in [0.4, 0.5) is 5.82 Å². The largest absolute Gasteiger partial charge is 0.478 e. The molecular weight excluding hydrogens is 486 g/mol. The summed E-state index contributed by atoms with van der Waals surface area (Å²) in [6.45, 7) is 10.2. The Morgan fingerprint density at radius 1 is 1.05 bits per heavy atom. The average Bonchev–Trinajstić information content (AvgIpc) is 3.26. The van der Waals surface area contributed by atoms with Crippen molar-refractivity contribution < 1.29 is 19.4 Å². The van der Waals surface area contributed by atoms with Crippen molar-refractivity contribution in [1.29, 1.82) is 0 Å². The monoisotopic (exact) mass is 521 g/mol. The molecule has 0 aliphatic carbocycles. The number of imidazole rings is 1. The molecule has 2 aromatic heterocycles. The Labute approximate surface area is 221 Å². The fraction of sp³-hybridized carbons (Fsp3) is 0.519. The topological polar surface area (TPSA) is 108 Å². The molecule has 3 saturated heterocycles. The number of hydrogen-bond acceptors (Lipinski definition) is 9. The smallest absolute Gasteiger partial charge is 0.335 e. The highest BCUT2D eigenvalue weighted by atomic mass is 16.5. The van der Waals surface area contributed by atoms with Gasteiger partial charge in [0.25, 0.3) is 0 Å². The van der Waals surface area contributed by atoms with Crippen LogP contribution < -0.4 is 15.0 Å². The Hall–Kier alpha value is -3.25. The van der Waals surface area contributed by atoms with E-state index >= 15 is 0 Å². The molecule has 0 radical (unpaired) electrons. The number of nitrogens with zero attached hydrogens (tertiary/aromatic N) is 6. The van der Waals surface area contributed by atoms with E-state index in [1.165, 1.54) is 0 Å². The van der Waals surface area contributed by atoms with Crippen LogP contribution in [0.1, 0.15) is 22.6 Å². The molecule has 11 heteroatoms. The van der Waals surface area contributed by atoms with Crippen LogP contribution in [0.2, 0.25) is 0 Å². The molecular formula is C27H35N7O4. The Morgan fingerprint density at radius 3 is 2.61 bits per heavy atom. The molecule has 3 aliphatic heterocycles. The molecule has 1 atom stereocenters. The molecule has 38 heavy (non-hydrogen) atoms. The number of rotatable bonds is 9. The third kappa shape index (κ3) is 5.60. The summed E-state index contributed by atoms with van der Waals surface area (Å²) >= 11 is 0. The second kappa shape index (κ2) is 11.2. The van der Waals surface area contributed by atoms with E-state index in [1.54, 1.807) is 18.2 Å². The Morgan fingerprint density at radius 2 is 1.87 bits per heavy atom. The maximum Gasteiger partial charge on any atom is 0.335 e. The molecule has 0 bridgehead atoms. The number of ether oxygens (including phenoxy) is 2.